The molecule has 0 fully saturated rings. The smallest absolute Gasteiger partial charge is 0.161 e. The van der Waals surface area contributed by atoms with Crippen molar-refractivity contribution in [3.8, 4) is 56.0 Å². The maximum absolute atomic E-state index is 5.38. The summed E-state index contributed by atoms with van der Waals surface area (Å²) >= 11 is 1.76. The maximum atomic E-state index is 5.38. The quantitative estimate of drug-likeness (QED) is 0.166. The van der Waals surface area contributed by atoms with E-state index in [4.69, 9.17) is 15.0 Å². The van der Waals surface area contributed by atoms with Crippen molar-refractivity contribution in [1.29, 1.82) is 0 Å². The van der Waals surface area contributed by atoms with E-state index in [9.17, 15) is 0 Å². The van der Waals surface area contributed by atoms with Crippen LogP contribution in [0.2, 0.25) is 0 Å². The van der Waals surface area contributed by atoms with Crippen molar-refractivity contribution >= 4 is 64.1 Å². The molecule has 55 heavy (non-hydrogen) atoms. The number of nitrogens with zero attached hydrogens (tertiary/aromatic N) is 3. The summed E-state index contributed by atoms with van der Waals surface area (Å²) in [6.45, 7) is 0. The van der Waals surface area contributed by atoms with E-state index in [0.717, 1.165) is 60.1 Å². The molecule has 0 aliphatic rings. The van der Waals surface area contributed by atoms with Crippen molar-refractivity contribution < 1.29 is 0 Å². The lowest BCUT2D eigenvalue weighted by atomic mass is 9.92. The number of fused-ring (bicyclic) bond motifs is 7. The molecule has 0 amide bonds. The van der Waals surface area contributed by atoms with E-state index in [-0.39, 0.29) is 0 Å². The first-order valence-electron chi connectivity index (χ1n) is 18.5. The van der Waals surface area contributed by atoms with Crippen molar-refractivity contribution in [2.45, 2.75) is 0 Å². The molecule has 11 rings (SSSR count). The van der Waals surface area contributed by atoms with Gasteiger partial charge in [0.15, 0.2) is 5.82 Å². The molecule has 0 N–H and O–H groups in total. The summed E-state index contributed by atoms with van der Waals surface area (Å²) in [5.41, 5.74) is 12.2. The first kappa shape index (κ1) is 31.5. The molecule has 0 spiro atoms. The normalized spacial score (nSPS) is 11.6. The fraction of sp³-hybridized carbons (Fsp3) is 0. The Labute approximate surface area is 321 Å². The highest BCUT2D eigenvalue weighted by atomic mass is 32.1. The van der Waals surface area contributed by atoms with Crippen molar-refractivity contribution in [3.05, 3.63) is 188 Å². The lowest BCUT2D eigenvalue weighted by Crippen LogP contribution is -1.95. The van der Waals surface area contributed by atoms with Crippen LogP contribution >= 0.6 is 11.3 Å². The van der Waals surface area contributed by atoms with Crippen LogP contribution in [0.4, 0.5) is 0 Å². The highest BCUT2D eigenvalue weighted by molar-refractivity contribution is 7.26. The summed E-state index contributed by atoms with van der Waals surface area (Å²) in [5, 5.41) is 6.97. The van der Waals surface area contributed by atoms with Gasteiger partial charge in [0.2, 0.25) is 0 Å². The molecule has 0 saturated carbocycles. The molecule has 4 heteroatoms. The Morgan fingerprint density at radius 3 is 1.69 bits per heavy atom. The topological polar surface area (TPSA) is 38.7 Å². The highest BCUT2D eigenvalue weighted by Gasteiger charge is 2.19. The van der Waals surface area contributed by atoms with Gasteiger partial charge < -0.3 is 0 Å². The van der Waals surface area contributed by atoms with Crippen molar-refractivity contribution in [2.24, 2.45) is 0 Å². The molecule has 8 aromatic carbocycles. The predicted molar refractivity (Wildman–Crippen MR) is 232 cm³/mol. The molecule has 3 aromatic heterocycles. The van der Waals surface area contributed by atoms with Crippen LogP contribution in [0, 0.1) is 0 Å². The minimum absolute atomic E-state index is 0.731. The van der Waals surface area contributed by atoms with E-state index in [0.29, 0.717) is 0 Å². The zero-order valence-corrected chi connectivity index (χ0v) is 30.5. The molecule has 0 unspecified atom stereocenters. The first-order chi connectivity index (χ1) is 27.3. The van der Waals surface area contributed by atoms with E-state index >= 15 is 0 Å². The largest absolute Gasteiger partial charge is 0.256 e. The summed E-state index contributed by atoms with van der Waals surface area (Å²) in [7, 11) is 0. The van der Waals surface area contributed by atoms with Crippen LogP contribution in [0.1, 0.15) is 0 Å². The van der Waals surface area contributed by atoms with E-state index in [1.807, 2.05) is 12.3 Å². The lowest BCUT2D eigenvalue weighted by Gasteiger charge is -2.14. The molecule has 0 aliphatic heterocycles. The van der Waals surface area contributed by atoms with E-state index < -0.39 is 0 Å². The SMILES string of the molecule is c1ccc(-c2ccc(-c3nc(-c4ccc(-c5ccc(-c6cc7cccnc7c7ccccc67)cc5)c5ccccc45)nc4c3sc3ccccc34)cc2)cc1. The van der Waals surface area contributed by atoms with Crippen molar-refractivity contribution in [2.75, 3.05) is 0 Å². The highest BCUT2D eigenvalue weighted by Crippen LogP contribution is 2.42. The number of hydrogen-bond acceptors (Lipinski definition) is 4. The van der Waals surface area contributed by atoms with Crippen LogP contribution in [-0.4, -0.2) is 15.0 Å². The van der Waals surface area contributed by atoms with E-state index in [1.165, 1.54) is 48.7 Å². The van der Waals surface area contributed by atoms with E-state index in [1.54, 1.807) is 11.3 Å². The molecular formula is C51H31N3S. The summed E-state index contributed by atoms with van der Waals surface area (Å²) in [4.78, 5) is 15.4. The second-order valence-corrected chi connectivity index (χ2v) is 15.0. The van der Waals surface area contributed by atoms with Crippen molar-refractivity contribution in [1.82, 2.24) is 15.0 Å². The molecule has 0 aliphatic carbocycles. The van der Waals surface area contributed by atoms with Gasteiger partial charge in [0.1, 0.15) is 0 Å². The third-order valence-electron chi connectivity index (χ3n) is 10.8. The number of thiophene rings is 1. The molecule has 3 heterocycles. The van der Waals surface area contributed by atoms with Crippen LogP contribution < -0.4 is 0 Å². The molecule has 0 bridgehead atoms. The molecule has 0 saturated heterocycles. The molecular weight excluding hydrogens is 687 g/mol. The minimum Gasteiger partial charge on any atom is -0.256 e. The van der Waals surface area contributed by atoms with Gasteiger partial charge in [0, 0.05) is 38.2 Å². The van der Waals surface area contributed by atoms with Gasteiger partial charge in [-0.05, 0) is 73.8 Å². The molecule has 11 aromatic rings. The van der Waals surface area contributed by atoms with Crippen LogP contribution in [0.15, 0.2) is 188 Å². The number of benzene rings is 8. The van der Waals surface area contributed by atoms with Gasteiger partial charge in [-0.2, -0.15) is 0 Å². The van der Waals surface area contributed by atoms with Gasteiger partial charge in [-0.3, -0.25) is 4.98 Å². The summed E-state index contributed by atoms with van der Waals surface area (Å²) < 4.78 is 2.32. The third-order valence-corrected chi connectivity index (χ3v) is 11.9. The minimum atomic E-state index is 0.731. The molecule has 0 atom stereocenters. The van der Waals surface area contributed by atoms with Crippen LogP contribution in [-0.2, 0) is 0 Å². The van der Waals surface area contributed by atoms with Gasteiger partial charge in [-0.25, -0.2) is 9.97 Å². The maximum Gasteiger partial charge on any atom is 0.161 e. The first-order valence-corrected chi connectivity index (χ1v) is 19.3. The monoisotopic (exact) mass is 717 g/mol. The van der Waals surface area contributed by atoms with E-state index in [2.05, 4.69) is 176 Å². The Morgan fingerprint density at radius 1 is 0.364 bits per heavy atom. The Morgan fingerprint density at radius 2 is 0.927 bits per heavy atom. The van der Waals surface area contributed by atoms with Gasteiger partial charge in [0.25, 0.3) is 0 Å². The Balaban J connectivity index is 1.04. The summed E-state index contributed by atoms with van der Waals surface area (Å²) in [5.74, 6) is 0.731. The Hall–Kier alpha value is -7.01. The zero-order chi connectivity index (χ0) is 36.3. The second kappa shape index (κ2) is 12.8. The number of rotatable bonds is 5. The lowest BCUT2D eigenvalue weighted by molar-refractivity contribution is 1.24. The summed E-state index contributed by atoms with van der Waals surface area (Å²) in [6, 6.07) is 64.9. The average molecular weight is 718 g/mol. The number of aromatic nitrogens is 3. The number of pyridine rings is 1. The van der Waals surface area contributed by atoms with Gasteiger partial charge in [-0.15, -0.1) is 11.3 Å². The van der Waals surface area contributed by atoms with Crippen LogP contribution in [0.5, 0.6) is 0 Å². The van der Waals surface area contributed by atoms with Crippen LogP contribution in [0.3, 0.4) is 0 Å². The van der Waals surface area contributed by atoms with Crippen LogP contribution in [0.25, 0.3) is 109 Å². The average Bonchev–Trinajstić information content (AvgIpc) is 3.65. The molecule has 0 radical (unpaired) electrons. The second-order valence-electron chi connectivity index (χ2n) is 13.9. The zero-order valence-electron chi connectivity index (χ0n) is 29.6. The van der Waals surface area contributed by atoms with Gasteiger partial charge in [0.05, 0.1) is 21.4 Å². The molecule has 256 valence electrons. The summed E-state index contributed by atoms with van der Waals surface area (Å²) in [6.07, 6.45) is 1.87. The van der Waals surface area contributed by atoms with Crippen molar-refractivity contribution in [3.63, 3.8) is 0 Å². The fourth-order valence-electron chi connectivity index (χ4n) is 8.09. The standard InChI is InChI=1S/C51H31N3S/c1-2-11-32(12-3-1)33-20-26-36(27-21-33)48-50-49(44-18-8-9-19-46(44)55-50)54-51(53-48)43-29-28-38(39-14-4-5-15-40(39)43)34-22-24-35(25-23-34)45-31-37-13-10-30-52-47(37)42-17-7-6-16-41(42)45/h1-31H. The molecule has 3 nitrogen and oxygen atoms in total. The van der Waals surface area contributed by atoms with Gasteiger partial charge in [-0.1, -0.05) is 158 Å². The van der Waals surface area contributed by atoms with Gasteiger partial charge >= 0.3 is 0 Å². The Kier molecular flexibility index (Phi) is 7.35. The Bertz CT molecular complexity index is 3240. The third kappa shape index (κ3) is 5.30. The fourth-order valence-corrected chi connectivity index (χ4v) is 9.24. The predicted octanol–water partition coefficient (Wildman–Crippen LogP) is 14.0. The number of hydrogen-bond donors (Lipinski definition) is 0.